The summed E-state index contributed by atoms with van der Waals surface area (Å²) in [6.07, 6.45) is 3.22. The van der Waals surface area contributed by atoms with Crippen LogP contribution in [0.15, 0.2) is 23.3 Å². The molecule has 2 saturated heterocycles. The Balaban J connectivity index is 1.48. The van der Waals surface area contributed by atoms with E-state index in [2.05, 4.69) is 45.3 Å². The molecule has 0 aromatic carbocycles. The second kappa shape index (κ2) is 11.9. The number of hydrogen-bond donors (Lipinski definition) is 2. The molecule has 3 rings (SSSR count). The lowest BCUT2D eigenvalue weighted by atomic mass is 10.2. The molecule has 1 unspecified atom stereocenters. The fourth-order valence-corrected chi connectivity index (χ4v) is 3.60. The van der Waals surface area contributed by atoms with Crippen LogP contribution in [-0.4, -0.2) is 87.6 Å². The van der Waals surface area contributed by atoms with E-state index in [9.17, 15) is 0 Å². The van der Waals surface area contributed by atoms with Crippen molar-refractivity contribution in [2.24, 2.45) is 4.99 Å². The zero-order valence-corrected chi connectivity index (χ0v) is 17.9. The predicted molar refractivity (Wildman–Crippen MR) is 117 cm³/mol. The predicted octanol–water partition coefficient (Wildman–Crippen LogP) is 1.08. The first-order chi connectivity index (χ1) is 14.2. The highest BCUT2D eigenvalue weighted by Gasteiger charge is 2.18. The minimum atomic E-state index is 0.245. The van der Waals surface area contributed by atoms with Crippen LogP contribution in [0.3, 0.4) is 0 Å². The number of morpholine rings is 2. The van der Waals surface area contributed by atoms with Gasteiger partial charge in [0, 0.05) is 45.5 Å². The Kier molecular flexibility index (Phi) is 8.98. The molecule has 2 fully saturated rings. The fourth-order valence-electron chi connectivity index (χ4n) is 3.60. The van der Waals surface area contributed by atoms with Gasteiger partial charge < -0.3 is 25.0 Å². The largest absolute Gasteiger partial charge is 0.379 e. The number of aliphatic imine (C=N–C) groups is 1. The molecule has 29 heavy (non-hydrogen) atoms. The Hall–Kier alpha value is -1.90. The maximum absolute atomic E-state index is 5.63. The highest BCUT2D eigenvalue weighted by Crippen LogP contribution is 2.16. The van der Waals surface area contributed by atoms with Crippen LogP contribution in [0.1, 0.15) is 25.8 Å². The SMILES string of the molecule is CCNC(=NCc1ccnc(N2CCOC(C)C2)c1)NCCCN1CCOCC1. The van der Waals surface area contributed by atoms with Gasteiger partial charge in [0.1, 0.15) is 5.82 Å². The van der Waals surface area contributed by atoms with E-state index < -0.39 is 0 Å². The van der Waals surface area contributed by atoms with Crippen molar-refractivity contribution in [1.82, 2.24) is 20.5 Å². The van der Waals surface area contributed by atoms with Crippen molar-refractivity contribution in [3.63, 3.8) is 0 Å². The van der Waals surface area contributed by atoms with Crippen LogP contribution < -0.4 is 15.5 Å². The van der Waals surface area contributed by atoms with E-state index in [4.69, 9.17) is 14.5 Å². The van der Waals surface area contributed by atoms with E-state index in [0.29, 0.717) is 6.54 Å². The molecule has 2 aliphatic heterocycles. The lowest BCUT2D eigenvalue weighted by Gasteiger charge is -2.32. The first-order valence-electron chi connectivity index (χ1n) is 10.9. The van der Waals surface area contributed by atoms with Crippen LogP contribution >= 0.6 is 0 Å². The van der Waals surface area contributed by atoms with E-state index in [-0.39, 0.29) is 6.10 Å². The molecule has 0 saturated carbocycles. The van der Waals surface area contributed by atoms with Crippen LogP contribution in [-0.2, 0) is 16.0 Å². The van der Waals surface area contributed by atoms with E-state index in [0.717, 1.165) is 83.8 Å². The number of ether oxygens (including phenoxy) is 2. The third-order valence-electron chi connectivity index (χ3n) is 5.19. The molecule has 0 radical (unpaired) electrons. The van der Waals surface area contributed by atoms with E-state index in [1.807, 2.05) is 12.3 Å². The summed E-state index contributed by atoms with van der Waals surface area (Å²) in [6, 6.07) is 4.18. The second-order valence-corrected chi connectivity index (χ2v) is 7.58. The van der Waals surface area contributed by atoms with Gasteiger partial charge in [0.15, 0.2) is 5.96 Å². The minimum Gasteiger partial charge on any atom is -0.379 e. The zero-order valence-electron chi connectivity index (χ0n) is 17.9. The van der Waals surface area contributed by atoms with Crippen molar-refractivity contribution in [2.75, 3.05) is 70.5 Å². The van der Waals surface area contributed by atoms with Gasteiger partial charge in [-0.2, -0.15) is 0 Å². The molecule has 0 aliphatic carbocycles. The highest BCUT2D eigenvalue weighted by molar-refractivity contribution is 5.79. The van der Waals surface area contributed by atoms with E-state index in [1.54, 1.807) is 0 Å². The number of anilines is 1. The Bertz CT molecular complexity index is 635. The molecule has 2 N–H and O–H groups in total. The molecule has 1 aromatic heterocycles. The summed E-state index contributed by atoms with van der Waals surface area (Å²) in [7, 11) is 0. The van der Waals surface area contributed by atoms with Gasteiger partial charge in [0.25, 0.3) is 0 Å². The van der Waals surface area contributed by atoms with Crippen molar-refractivity contribution in [3.8, 4) is 0 Å². The summed E-state index contributed by atoms with van der Waals surface area (Å²) in [5.41, 5.74) is 1.17. The third-order valence-corrected chi connectivity index (χ3v) is 5.19. The Morgan fingerprint density at radius 1 is 1.24 bits per heavy atom. The first-order valence-corrected chi connectivity index (χ1v) is 10.9. The Morgan fingerprint density at radius 2 is 2.10 bits per heavy atom. The number of nitrogens with one attached hydrogen (secondary N) is 2. The summed E-state index contributed by atoms with van der Waals surface area (Å²) < 4.78 is 11.0. The molecule has 3 heterocycles. The van der Waals surface area contributed by atoms with Crippen LogP contribution in [0.4, 0.5) is 5.82 Å². The van der Waals surface area contributed by atoms with Crippen LogP contribution in [0.25, 0.3) is 0 Å². The van der Waals surface area contributed by atoms with Gasteiger partial charge >= 0.3 is 0 Å². The standard InChI is InChI=1S/C21H36N6O2/c1-3-22-21(24-6-4-8-26-9-12-28-13-10-26)25-16-19-5-7-23-20(15-19)27-11-14-29-18(2)17-27/h5,7,15,18H,3-4,6,8-14,16-17H2,1-2H3,(H2,22,24,25). The van der Waals surface area contributed by atoms with E-state index >= 15 is 0 Å². The van der Waals surface area contributed by atoms with Crippen LogP contribution in [0.2, 0.25) is 0 Å². The molecule has 1 aromatic rings. The maximum Gasteiger partial charge on any atom is 0.191 e. The second-order valence-electron chi connectivity index (χ2n) is 7.58. The van der Waals surface area contributed by atoms with Crippen molar-refractivity contribution in [1.29, 1.82) is 0 Å². The summed E-state index contributed by atoms with van der Waals surface area (Å²) >= 11 is 0. The molecule has 1 atom stereocenters. The molecular formula is C21H36N6O2. The van der Waals surface area contributed by atoms with Crippen molar-refractivity contribution in [2.45, 2.75) is 32.9 Å². The zero-order chi connectivity index (χ0) is 20.3. The summed E-state index contributed by atoms with van der Waals surface area (Å²) in [5.74, 6) is 1.88. The highest BCUT2D eigenvalue weighted by atomic mass is 16.5. The minimum absolute atomic E-state index is 0.245. The lowest BCUT2D eigenvalue weighted by molar-refractivity contribution is 0.0376. The molecule has 162 valence electrons. The third kappa shape index (κ3) is 7.45. The fraction of sp³-hybridized carbons (Fsp3) is 0.714. The molecule has 0 spiro atoms. The van der Waals surface area contributed by atoms with Crippen molar-refractivity contribution < 1.29 is 9.47 Å². The maximum atomic E-state index is 5.63. The first kappa shape index (κ1) is 21.8. The molecule has 8 nitrogen and oxygen atoms in total. The van der Waals surface area contributed by atoms with Crippen molar-refractivity contribution >= 4 is 11.8 Å². The summed E-state index contributed by atoms with van der Waals surface area (Å²) in [6.45, 7) is 14.0. The smallest absolute Gasteiger partial charge is 0.191 e. The van der Waals surface area contributed by atoms with Gasteiger partial charge in [-0.1, -0.05) is 0 Å². The molecule has 2 aliphatic rings. The Morgan fingerprint density at radius 3 is 2.90 bits per heavy atom. The average Bonchev–Trinajstić information content (AvgIpc) is 2.76. The lowest BCUT2D eigenvalue weighted by Crippen LogP contribution is -2.41. The molecule has 0 bridgehead atoms. The number of guanidine groups is 1. The number of hydrogen-bond acceptors (Lipinski definition) is 6. The molecule has 0 amide bonds. The van der Waals surface area contributed by atoms with Gasteiger partial charge in [-0.15, -0.1) is 0 Å². The van der Waals surface area contributed by atoms with Gasteiger partial charge in [0.2, 0.25) is 0 Å². The molecule has 8 heteroatoms. The summed E-state index contributed by atoms with van der Waals surface area (Å²) in [5, 5.41) is 6.79. The average molecular weight is 405 g/mol. The summed E-state index contributed by atoms with van der Waals surface area (Å²) in [4.78, 5) is 14.0. The normalized spacial score (nSPS) is 21.2. The number of pyridine rings is 1. The van der Waals surface area contributed by atoms with Crippen molar-refractivity contribution in [3.05, 3.63) is 23.9 Å². The quantitative estimate of drug-likeness (QED) is 0.382. The van der Waals surface area contributed by atoms with Gasteiger partial charge in [-0.3, -0.25) is 4.90 Å². The van der Waals surface area contributed by atoms with Crippen LogP contribution in [0, 0.1) is 0 Å². The number of rotatable bonds is 8. The molecular weight excluding hydrogens is 368 g/mol. The van der Waals surface area contributed by atoms with Gasteiger partial charge in [-0.25, -0.2) is 9.98 Å². The monoisotopic (exact) mass is 404 g/mol. The number of nitrogens with zero attached hydrogens (tertiary/aromatic N) is 4. The Labute approximate surface area is 174 Å². The number of aromatic nitrogens is 1. The topological polar surface area (TPSA) is 74.2 Å². The van der Waals surface area contributed by atoms with Gasteiger partial charge in [-0.05, 0) is 44.5 Å². The van der Waals surface area contributed by atoms with Gasteiger partial charge in [0.05, 0.1) is 32.5 Å². The van der Waals surface area contributed by atoms with Crippen LogP contribution in [0.5, 0.6) is 0 Å². The van der Waals surface area contributed by atoms with E-state index in [1.165, 1.54) is 5.56 Å².